The van der Waals surface area contributed by atoms with Crippen molar-refractivity contribution < 1.29 is 9.53 Å². The third-order valence-electron chi connectivity index (χ3n) is 4.83. The van der Waals surface area contributed by atoms with Crippen LogP contribution in [0.25, 0.3) is 11.0 Å². The van der Waals surface area contributed by atoms with Crippen molar-refractivity contribution in [3.05, 3.63) is 48.2 Å². The Hall–Kier alpha value is -2.54. The Labute approximate surface area is 155 Å². The summed E-state index contributed by atoms with van der Waals surface area (Å²) in [4.78, 5) is 23.6. The molecule has 2 aromatic heterocycles. The number of carbonyl (C=O) groups is 1. The molecule has 1 atom stereocenters. The van der Waals surface area contributed by atoms with E-state index in [2.05, 4.69) is 14.5 Å². The number of thioether (sulfide) groups is 1. The van der Waals surface area contributed by atoms with Gasteiger partial charge in [0.25, 0.3) is 5.91 Å². The van der Waals surface area contributed by atoms with Crippen molar-refractivity contribution in [2.75, 3.05) is 23.0 Å². The van der Waals surface area contributed by atoms with E-state index in [9.17, 15) is 4.79 Å². The monoisotopic (exact) mass is 366 g/mol. The van der Waals surface area contributed by atoms with Gasteiger partial charge in [-0.15, -0.1) is 0 Å². The number of pyridine rings is 1. The smallest absolute Gasteiger partial charge is 0.262 e. The molecule has 1 saturated heterocycles. The van der Waals surface area contributed by atoms with E-state index in [1.54, 1.807) is 23.2 Å². The summed E-state index contributed by atoms with van der Waals surface area (Å²) in [6.07, 6.45) is 2.88. The van der Waals surface area contributed by atoms with Gasteiger partial charge in [-0.05, 0) is 30.4 Å². The maximum atomic E-state index is 12.9. The summed E-state index contributed by atoms with van der Waals surface area (Å²) in [5.74, 6) is 3.36. The summed E-state index contributed by atoms with van der Waals surface area (Å²) < 4.78 is 7.95. The summed E-state index contributed by atoms with van der Waals surface area (Å²) in [5.41, 5.74) is 2.53. The predicted octanol–water partition coefficient (Wildman–Crippen LogP) is 2.98. The van der Waals surface area contributed by atoms with E-state index in [-0.39, 0.29) is 12.0 Å². The molecule has 132 valence electrons. The Morgan fingerprint density at radius 1 is 1.19 bits per heavy atom. The molecular weight excluding hydrogens is 348 g/mol. The van der Waals surface area contributed by atoms with Crippen molar-refractivity contribution in [3.8, 4) is 5.88 Å². The van der Waals surface area contributed by atoms with E-state index < -0.39 is 0 Å². The molecule has 0 aliphatic carbocycles. The molecule has 0 radical (unpaired) electrons. The number of nitrogens with zero attached hydrogens (tertiary/aromatic N) is 4. The van der Waals surface area contributed by atoms with Gasteiger partial charge in [0, 0.05) is 31.1 Å². The van der Waals surface area contributed by atoms with Crippen LogP contribution in [0.5, 0.6) is 5.88 Å². The number of anilines is 1. The van der Waals surface area contributed by atoms with Gasteiger partial charge in [-0.2, -0.15) is 11.8 Å². The van der Waals surface area contributed by atoms with E-state index in [0.717, 1.165) is 35.5 Å². The second kappa shape index (κ2) is 6.32. The first-order valence-corrected chi connectivity index (χ1v) is 9.93. The Kier molecular flexibility index (Phi) is 3.81. The molecule has 1 aromatic carbocycles. The summed E-state index contributed by atoms with van der Waals surface area (Å²) in [7, 11) is 0. The van der Waals surface area contributed by atoms with Crippen molar-refractivity contribution in [2.24, 2.45) is 0 Å². The van der Waals surface area contributed by atoms with Crippen LogP contribution in [0.15, 0.2) is 42.6 Å². The van der Waals surface area contributed by atoms with Gasteiger partial charge >= 0.3 is 0 Å². The fourth-order valence-electron chi connectivity index (χ4n) is 3.49. The number of rotatable bonds is 3. The van der Waals surface area contributed by atoms with Gasteiger partial charge < -0.3 is 9.30 Å². The Morgan fingerprint density at radius 2 is 2.12 bits per heavy atom. The minimum Gasteiger partial charge on any atom is -0.473 e. The number of para-hydroxylation sites is 2. The molecule has 2 aliphatic rings. The lowest BCUT2D eigenvalue weighted by molar-refractivity contribution is 0.0988. The van der Waals surface area contributed by atoms with Crippen LogP contribution < -0.4 is 9.64 Å². The number of aromatic nitrogens is 3. The third kappa shape index (κ3) is 2.63. The van der Waals surface area contributed by atoms with E-state index in [1.807, 2.05) is 36.0 Å². The minimum atomic E-state index is -0.0745. The van der Waals surface area contributed by atoms with Gasteiger partial charge in [0.1, 0.15) is 6.10 Å². The first-order chi connectivity index (χ1) is 12.8. The molecule has 1 fully saturated rings. The highest BCUT2D eigenvalue weighted by molar-refractivity contribution is 7.99. The van der Waals surface area contributed by atoms with E-state index in [1.165, 1.54) is 0 Å². The summed E-state index contributed by atoms with van der Waals surface area (Å²) in [5, 5.41) is 0. The fraction of sp³-hybridized carbons (Fsp3) is 0.316. The molecule has 0 bridgehead atoms. The summed E-state index contributed by atoms with van der Waals surface area (Å²) in [6.45, 7) is 1.39. The van der Waals surface area contributed by atoms with Gasteiger partial charge in [-0.25, -0.2) is 9.97 Å². The molecule has 1 unspecified atom stereocenters. The second-order valence-electron chi connectivity index (χ2n) is 6.50. The van der Waals surface area contributed by atoms with Crippen LogP contribution in [-0.4, -0.2) is 44.6 Å². The number of fused-ring (bicyclic) bond motifs is 3. The normalized spacial score (nSPS) is 19.1. The van der Waals surface area contributed by atoms with Gasteiger partial charge in [-0.1, -0.05) is 12.1 Å². The molecule has 4 heterocycles. The zero-order valence-corrected chi connectivity index (χ0v) is 15.0. The number of ether oxygens (including phenoxy) is 1. The average molecular weight is 366 g/mol. The van der Waals surface area contributed by atoms with Gasteiger partial charge in [-0.3, -0.25) is 9.69 Å². The van der Waals surface area contributed by atoms with Crippen LogP contribution in [-0.2, 0) is 6.54 Å². The van der Waals surface area contributed by atoms with Crippen molar-refractivity contribution in [1.82, 2.24) is 14.5 Å². The molecule has 0 saturated carbocycles. The molecular formula is C19H18N4O2S. The molecule has 26 heavy (non-hydrogen) atoms. The van der Waals surface area contributed by atoms with Gasteiger partial charge in [0.2, 0.25) is 11.8 Å². The first-order valence-electron chi connectivity index (χ1n) is 8.77. The largest absolute Gasteiger partial charge is 0.473 e. The van der Waals surface area contributed by atoms with Crippen molar-refractivity contribution in [1.29, 1.82) is 0 Å². The Balaban J connectivity index is 1.37. The first kappa shape index (κ1) is 15.7. The summed E-state index contributed by atoms with van der Waals surface area (Å²) >= 11 is 1.90. The highest BCUT2D eigenvalue weighted by Crippen LogP contribution is 2.28. The lowest BCUT2D eigenvalue weighted by Gasteiger charge is -2.15. The highest BCUT2D eigenvalue weighted by atomic mass is 32.2. The fourth-order valence-corrected chi connectivity index (χ4v) is 4.58. The maximum Gasteiger partial charge on any atom is 0.262 e. The molecule has 0 N–H and O–H groups in total. The van der Waals surface area contributed by atoms with Crippen LogP contribution in [0.1, 0.15) is 16.8 Å². The van der Waals surface area contributed by atoms with Crippen molar-refractivity contribution in [2.45, 2.75) is 19.1 Å². The molecule has 5 rings (SSSR count). The quantitative estimate of drug-likeness (QED) is 0.713. The van der Waals surface area contributed by atoms with E-state index >= 15 is 0 Å². The number of imidazole rings is 1. The zero-order valence-electron chi connectivity index (χ0n) is 14.2. The molecule has 6 nitrogen and oxygen atoms in total. The Bertz CT molecular complexity index is 963. The molecule has 0 spiro atoms. The molecule has 1 amide bonds. The lowest BCUT2D eigenvalue weighted by atomic mass is 10.2. The zero-order chi connectivity index (χ0) is 17.5. The average Bonchev–Trinajstić information content (AvgIpc) is 3.38. The van der Waals surface area contributed by atoms with Crippen LogP contribution in [0.2, 0.25) is 0 Å². The van der Waals surface area contributed by atoms with Crippen LogP contribution in [0, 0.1) is 0 Å². The number of hydrogen-bond donors (Lipinski definition) is 0. The van der Waals surface area contributed by atoms with Crippen molar-refractivity contribution >= 4 is 34.7 Å². The van der Waals surface area contributed by atoms with Crippen LogP contribution >= 0.6 is 11.8 Å². The number of amides is 1. The molecule has 2 aliphatic heterocycles. The number of benzene rings is 1. The van der Waals surface area contributed by atoms with Crippen LogP contribution in [0.4, 0.5) is 5.95 Å². The Morgan fingerprint density at radius 3 is 2.92 bits per heavy atom. The maximum absolute atomic E-state index is 12.9. The second-order valence-corrected chi connectivity index (χ2v) is 7.65. The van der Waals surface area contributed by atoms with Gasteiger partial charge in [0.05, 0.1) is 16.6 Å². The summed E-state index contributed by atoms with van der Waals surface area (Å²) in [6, 6.07) is 11.5. The number of carbonyl (C=O) groups excluding carboxylic acids is 1. The lowest BCUT2D eigenvalue weighted by Crippen LogP contribution is -2.29. The van der Waals surface area contributed by atoms with Gasteiger partial charge in [0.15, 0.2) is 0 Å². The van der Waals surface area contributed by atoms with E-state index in [4.69, 9.17) is 4.74 Å². The standard InChI is InChI=1S/C19H18N4O2S/c24-18(13-5-6-17(20-11-13)25-14-7-10-26-12-14)23-9-8-22-16-4-2-1-3-15(16)21-19(22)23/h1-6,11,14H,7-10,12H2. The van der Waals surface area contributed by atoms with Crippen LogP contribution in [0.3, 0.4) is 0 Å². The molecule has 7 heteroatoms. The highest BCUT2D eigenvalue weighted by Gasteiger charge is 2.29. The third-order valence-corrected chi connectivity index (χ3v) is 5.96. The minimum absolute atomic E-state index is 0.0745. The predicted molar refractivity (Wildman–Crippen MR) is 102 cm³/mol. The SMILES string of the molecule is O=C(c1ccc(OC2CCSC2)nc1)N1CCn2c1nc1ccccc12. The molecule has 3 aromatic rings. The number of hydrogen-bond acceptors (Lipinski definition) is 5. The van der Waals surface area contributed by atoms with E-state index in [0.29, 0.717) is 23.9 Å². The van der Waals surface area contributed by atoms with Crippen molar-refractivity contribution in [3.63, 3.8) is 0 Å². The topological polar surface area (TPSA) is 60.2 Å².